The molecule has 1 aliphatic rings. The van der Waals surface area contributed by atoms with Gasteiger partial charge in [0.1, 0.15) is 0 Å². The Kier molecular flexibility index (Phi) is 7.85. The van der Waals surface area contributed by atoms with Crippen molar-refractivity contribution in [1.82, 2.24) is 20.4 Å². The molecule has 1 aliphatic heterocycles. The molecule has 26 heavy (non-hydrogen) atoms. The van der Waals surface area contributed by atoms with Crippen molar-refractivity contribution >= 4 is 23.2 Å². The number of hydrogen-bond donors (Lipinski definition) is 2. The molecular formula is C20H32N4OS. The van der Waals surface area contributed by atoms with Gasteiger partial charge in [-0.05, 0) is 51.4 Å². The monoisotopic (exact) mass is 376 g/mol. The van der Waals surface area contributed by atoms with Gasteiger partial charge in [-0.2, -0.15) is 0 Å². The molecule has 144 valence electrons. The smallest absolute Gasteiger partial charge is 0.234 e. The Morgan fingerprint density at radius 1 is 1.12 bits per heavy atom. The third-order valence-electron chi connectivity index (χ3n) is 4.29. The van der Waals surface area contributed by atoms with Crippen molar-refractivity contribution in [2.75, 3.05) is 39.3 Å². The van der Waals surface area contributed by atoms with Gasteiger partial charge in [-0.15, -0.1) is 0 Å². The molecule has 0 unspecified atom stereocenters. The third-order valence-corrected chi connectivity index (χ3v) is 4.69. The fourth-order valence-corrected chi connectivity index (χ4v) is 3.35. The van der Waals surface area contributed by atoms with Crippen molar-refractivity contribution < 1.29 is 4.79 Å². The molecule has 0 aromatic heterocycles. The highest BCUT2D eigenvalue weighted by Crippen LogP contribution is 2.05. The molecular weight excluding hydrogens is 344 g/mol. The van der Waals surface area contributed by atoms with Crippen LogP contribution in [0.3, 0.4) is 0 Å². The molecule has 5 nitrogen and oxygen atoms in total. The summed E-state index contributed by atoms with van der Waals surface area (Å²) in [6.07, 6.45) is 1.98. The molecule has 2 rings (SSSR count). The molecule has 0 atom stereocenters. The summed E-state index contributed by atoms with van der Waals surface area (Å²) >= 11 is 5.56. The number of thiocarbonyl (C=S) groups is 1. The van der Waals surface area contributed by atoms with Crippen molar-refractivity contribution in [3.63, 3.8) is 0 Å². The van der Waals surface area contributed by atoms with E-state index in [1.54, 1.807) is 0 Å². The van der Waals surface area contributed by atoms with Crippen molar-refractivity contribution in [2.45, 2.75) is 39.2 Å². The van der Waals surface area contributed by atoms with Crippen LogP contribution < -0.4 is 10.6 Å². The van der Waals surface area contributed by atoms with Gasteiger partial charge in [-0.3, -0.25) is 9.69 Å². The normalized spacial score (nSPS) is 16.0. The van der Waals surface area contributed by atoms with Gasteiger partial charge in [-0.25, -0.2) is 0 Å². The number of benzene rings is 1. The summed E-state index contributed by atoms with van der Waals surface area (Å²) in [5.74, 6) is 0.0921. The molecule has 1 amide bonds. The SMILES string of the molecule is CC(C)(C)NC(=O)CN1CCCN(C(=S)NCCc2ccccc2)CC1. The third kappa shape index (κ3) is 7.70. The second-order valence-electron chi connectivity index (χ2n) is 7.88. The van der Waals surface area contributed by atoms with Crippen molar-refractivity contribution in [2.24, 2.45) is 0 Å². The summed E-state index contributed by atoms with van der Waals surface area (Å²) in [5.41, 5.74) is 1.13. The highest BCUT2D eigenvalue weighted by molar-refractivity contribution is 7.80. The minimum atomic E-state index is -0.181. The average Bonchev–Trinajstić information content (AvgIpc) is 2.79. The van der Waals surface area contributed by atoms with Gasteiger partial charge >= 0.3 is 0 Å². The van der Waals surface area contributed by atoms with Crippen LogP contribution in [0.1, 0.15) is 32.8 Å². The van der Waals surface area contributed by atoms with Crippen LogP contribution in [0.15, 0.2) is 30.3 Å². The number of rotatable bonds is 5. The lowest BCUT2D eigenvalue weighted by Crippen LogP contribution is -2.47. The van der Waals surface area contributed by atoms with Gasteiger partial charge < -0.3 is 15.5 Å². The predicted octanol–water partition coefficient (Wildman–Crippen LogP) is 2.03. The van der Waals surface area contributed by atoms with Gasteiger partial charge in [0.25, 0.3) is 0 Å². The van der Waals surface area contributed by atoms with Crippen LogP contribution in [0.4, 0.5) is 0 Å². The van der Waals surface area contributed by atoms with Crippen LogP contribution in [-0.4, -0.2) is 65.6 Å². The number of nitrogens with zero attached hydrogens (tertiary/aromatic N) is 2. The maximum atomic E-state index is 12.1. The molecule has 0 bridgehead atoms. The number of amides is 1. The molecule has 0 radical (unpaired) electrons. The minimum Gasteiger partial charge on any atom is -0.362 e. The number of nitrogens with one attached hydrogen (secondary N) is 2. The molecule has 1 saturated heterocycles. The van der Waals surface area contributed by atoms with E-state index in [0.29, 0.717) is 6.54 Å². The number of hydrogen-bond acceptors (Lipinski definition) is 3. The lowest BCUT2D eigenvalue weighted by Gasteiger charge is -2.26. The van der Waals surface area contributed by atoms with Crippen LogP contribution in [-0.2, 0) is 11.2 Å². The van der Waals surface area contributed by atoms with Crippen LogP contribution in [0.2, 0.25) is 0 Å². The Morgan fingerprint density at radius 2 is 1.85 bits per heavy atom. The van der Waals surface area contributed by atoms with Crippen molar-refractivity contribution in [3.8, 4) is 0 Å². The molecule has 1 aromatic rings. The average molecular weight is 377 g/mol. The first-order valence-corrected chi connectivity index (χ1v) is 9.84. The predicted molar refractivity (Wildman–Crippen MR) is 111 cm³/mol. The van der Waals surface area contributed by atoms with Crippen molar-refractivity contribution in [1.29, 1.82) is 0 Å². The summed E-state index contributed by atoms with van der Waals surface area (Å²) in [7, 11) is 0. The first kappa shape index (κ1) is 20.6. The summed E-state index contributed by atoms with van der Waals surface area (Å²) in [5, 5.41) is 7.23. The summed E-state index contributed by atoms with van der Waals surface area (Å²) in [6.45, 7) is 10.9. The molecule has 1 aromatic carbocycles. The molecule has 1 fully saturated rings. The largest absolute Gasteiger partial charge is 0.362 e. The van der Waals surface area contributed by atoms with Gasteiger partial charge in [0, 0.05) is 38.3 Å². The molecule has 6 heteroatoms. The second-order valence-corrected chi connectivity index (χ2v) is 8.27. The highest BCUT2D eigenvalue weighted by Gasteiger charge is 2.20. The van der Waals surface area contributed by atoms with Gasteiger partial charge in [0.05, 0.1) is 6.54 Å². The standard InChI is InChI=1S/C20H32N4OS/c1-20(2,3)22-18(25)16-23-12-7-13-24(15-14-23)19(26)21-11-10-17-8-5-4-6-9-17/h4-6,8-9H,7,10-16H2,1-3H3,(H,21,26)(H,22,25). The van der Waals surface area contributed by atoms with Gasteiger partial charge in [0.15, 0.2) is 5.11 Å². The molecule has 1 heterocycles. The number of carbonyl (C=O) groups is 1. The zero-order chi connectivity index (χ0) is 19.0. The van der Waals surface area contributed by atoms with E-state index in [4.69, 9.17) is 12.2 Å². The van der Waals surface area contributed by atoms with E-state index >= 15 is 0 Å². The Labute approximate surface area is 163 Å². The Morgan fingerprint density at radius 3 is 2.54 bits per heavy atom. The highest BCUT2D eigenvalue weighted by atomic mass is 32.1. The molecule has 0 saturated carbocycles. The minimum absolute atomic E-state index is 0.0921. The lowest BCUT2D eigenvalue weighted by molar-refractivity contribution is -0.123. The van der Waals surface area contributed by atoms with Crippen LogP contribution in [0, 0.1) is 0 Å². The van der Waals surface area contributed by atoms with Crippen LogP contribution >= 0.6 is 12.2 Å². The first-order valence-electron chi connectivity index (χ1n) is 9.43. The van der Waals surface area contributed by atoms with E-state index in [1.165, 1.54) is 5.56 Å². The Hall–Kier alpha value is -1.66. The summed E-state index contributed by atoms with van der Waals surface area (Å²) in [4.78, 5) is 16.6. The Balaban J connectivity index is 1.71. The Bertz CT molecular complexity index is 585. The first-order chi connectivity index (χ1) is 12.3. The van der Waals surface area contributed by atoms with E-state index in [1.807, 2.05) is 26.8 Å². The molecule has 0 aliphatic carbocycles. The topological polar surface area (TPSA) is 47.6 Å². The van der Waals surface area contributed by atoms with E-state index in [-0.39, 0.29) is 11.4 Å². The van der Waals surface area contributed by atoms with E-state index in [9.17, 15) is 4.79 Å². The lowest BCUT2D eigenvalue weighted by atomic mass is 10.1. The second kappa shape index (κ2) is 9.88. The fraction of sp³-hybridized carbons (Fsp3) is 0.600. The van der Waals surface area contributed by atoms with E-state index in [2.05, 4.69) is 44.7 Å². The molecule has 0 spiro atoms. The van der Waals surface area contributed by atoms with Crippen molar-refractivity contribution in [3.05, 3.63) is 35.9 Å². The van der Waals surface area contributed by atoms with Crippen LogP contribution in [0.25, 0.3) is 0 Å². The summed E-state index contributed by atoms with van der Waals surface area (Å²) in [6, 6.07) is 10.4. The quantitative estimate of drug-likeness (QED) is 0.770. The fourth-order valence-electron chi connectivity index (χ4n) is 3.06. The summed E-state index contributed by atoms with van der Waals surface area (Å²) < 4.78 is 0. The van der Waals surface area contributed by atoms with Crippen LogP contribution in [0.5, 0.6) is 0 Å². The maximum absolute atomic E-state index is 12.1. The zero-order valence-electron chi connectivity index (χ0n) is 16.3. The maximum Gasteiger partial charge on any atom is 0.234 e. The molecule has 2 N–H and O–H groups in total. The van der Waals surface area contributed by atoms with Gasteiger partial charge in [-0.1, -0.05) is 30.3 Å². The number of carbonyl (C=O) groups excluding carboxylic acids is 1. The van der Waals surface area contributed by atoms with Gasteiger partial charge in [0.2, 0.25) is 5.91 Å². The van der Waals surface area contributed by atoms with E-state index < -0.39 is 0 Å². The van der Waals surface area contributed by atoms with E-state index in [0.717, 1.165) is 50.7 Å². The zero-order valence-corrected chi connectivity index (χ0v) is 17.1.